The number of piperidine rings is 2. The Morgan fingerprint density at radius 3 is 2.52 bits per heavy atom. The number of carbonyl (C=O) groups excluding carboxylic acids is 1. The van der Waals surface area contributed by atoms with E-state index in [0.717, 1.165) is 19.4 Å². The van der Waals surface area contributed by atoms with Crippen LogP contribution in [0.15, 0.2) is 0 Å². The molecule has 0 radical (unpaired) electrons. The molecule has 0 spiro atoms. The molecule has 0 aromatic rings. The van der Waals surface area contributed by atoms with Crippen LogP contribution in [0.25, 0.3) is 0 Å². The lowest BCUT2D eigenvalue weighted by Gasteiger charge is -2.33. The highest BCUT2D eigenvalue weighted by Crippen LogP contribution is 2.17. The van der Waals surface area contributed by atoms with Crippen molar-refractivity contribution in [3.63, 3.8) is 0 Å². The monoisotopic (exact) mass is 317 g/mol. The number of amides is 1. The summed E-state index contributed by atoms with van der Waals surface area (Å²) in [6, 6.07) is 0.00555. The van der Waals surface area contributed by atoms with E-state index in [-0.39, 0.29) is 23.7 Å². The minimum atomic E-state index is -3.09. The number of nitrogens with zero attached hydrogens (tertiary/aromatic N) is 1. The molecule has 0 saturated carbocycles. The highest BCUT2D eigenvalue weighted by Gasteiger charge is 2.30. The van der Waals surface area contributed by atoms with Crippen molar-refractivity contribution in [2.75, 3.05) is 25.4 Å². The average Bonchev–Trinajstić information content (AvgIpc) is 2.48. The number of sulfonamides is 1. The molecule has 2 N–H and O–H groups in total. The Morgan fingerprint density at radius 2 is 1.95 bits per heavy atom. The summed E-state index contributed by atoms with van der Waals surface area (Å²) in [6.45, 7) is 5.76. The zero-order valence-electron chi connectivity index (χ0n) is 13.0. The van der Waals surface area contributed by atoms with Crippen molar-refractivity contribution in [2.45, 2.75) is 51.6 Å². The first-order valence-corrected chi connectivity index (χ1v) is 9.55. The van der Waals surface area contributed by atoms with Gasteiger partial charge in [0.15, 0.2) is 0 Å². The Kier molecular flexibility index (Phi) is 5.62. The molecule has 2 heterocycles. The van der Waals surface area contributed by atoms with Crippen LogP contribution >= 0.6 is 0 Å². The van der Waals surface area contributed by atoms with Gasteiger partial charge in [-0.2, -0.15) is 0 Å². The summed E-state index contributed by atoms with van der Waals surface area (Å²) in [5, 5.41) is 6.34. The molecule has 1 amide bonds. The normalized spacial score (nSPS) is 29.2. The second-order valence-electron chi connectivity index (χ2n) is 6.22. The molecule has 0 aliphatic carbocycles. The molecule has 2 fully saturated rings. The Labute approximate surface area is 127 Å². The maximum atomic E-state index is 12.2. The zero-order valence-corrected chi connectivity index (χ0v) is 13.8. The third-order valence-electron chi connectivity index (χ3n) is 4.54. The maximum absolute atomic E-state index is 12.2. The van der Waals surface area contributed by atoms with Gasteiger partial charge in [0.1, 0.15) is 0 Å². The third-order valence-corrected chi connectivity index (χ3v) is 6.42. The van der Waals surface area contributed by atoms with Gasteiger partial charge in [0, 0.05) is 19.1 Å². The van der Waals surface area contributed by atoms with Gasteiger partial charge in [0.05, 0.1) is 11.8 Å². The number of carbonyl (C=O) groups is 1. The van der Waals surface area contributed by atoms with Gasteiger partial charge in [0.25, 0.3) is 0 Å². The van der Waals surface area contributed by atoms with E-state index in [4.69, 9.17) is 0 Å². The molecular formula is C14H27N3O3S. The van der Waals surface area contributed by atoms with Crippen LogP contribution in [-0.4, -0.2) is 56.1 Å². The fraction of sp³-hybridized carbons (Fsp3) is 0.929. The molecule has 0 aromatic carbocycles. The number of hydrogen-bond donors (Lipinski definition) is 2. The van der Waals surface area contributed by atoms with Crippen LogP contribution < -0.4 is 10.6 Å². The van der Waals surface area contributed by atoms with Crippen molar-refractivity contribution in [2.24, 2.45) is 5.92 Å². The Bertz CT molecular complexity index is 458. The Balaban J connectivity index is 1.79. The van der Waals surface area contributed by atoms with Crippen molar-refractivity contribution in [3.8, 4) is 0 Å². The zero-order chi connectivity index (χ0) is 15.5. The van der Waals surface area contributed by atoms with Crippen LogP contribution in [0, 0.1) is 5.92 Å². The molecule has 122 valence electrons. The SMILES string of the molecule is CCS(=O)(=O)N1CCC(NC(=O)C2CC(C)CCN2)CC1. The van der Waals surface area contributed by atoms with Crippen LogP contribution in [0.3, 0.4) is 0 Å². The topological polar surface area (TPSA) is 78.5 Å². The molecule has 2 saturated heterocycles. The molecule has 2 rings (SSSR count). The van der Waals surface area contributed by atoms with E-state index < -0.39 is 10.0 Å². The van der Waals surface area contributed by atoms with Gasteiger partial charge in [-0.15, -0.1) is 0 Å². The Morgan fingerprint density at radius 1 is 1.29 bits per heavy atom. The smallest absolute Gasteiger partial charge is 0.237 e. The lowest BCUT2D eigenvalue weighted by molar-refractivity contribution is -0.125. The van der Waals surface area contributed by atoms with Crippen LogP contribution in [0.1, 0.15) is 39.5 Å². The quantitative estimate of drug-likeness (QED) is 0.782. The molecule has 7 heteroatoms. The summed E-state index contributed by atoms with van der Waals surface area (Å²) in [4.78, 5) is 12.2. The predicted octanol–water partition coefficient (Wildman–Crippen LogP) is 0.305. The van der Waals surface area contributed by atoms with Crippen LogP contribution in [-0.2, 0) is 14.8 Å². The molecule has 0 aromatic heterocycles. The molecule has 0 bridgehead atoms. The van der Waals surface area contributed by atoms with E-state index >= 15 is 0 Å². The van der Waals surface area contributed by atoms with E-state index in [2.05, 4.69) is 17.6 Å². The molecule has 6 nitrogen and oxygen atoms in total. The van der Waals surface area contributed by atoms with E-state index in [9.17, 15) is 13.2 Å². The van der Waals surface area contributed by atoms with Gasteiger partial charge < -0.3 is 10.6 Å². The second kappa shape index (κ2) is 7.07. The van der Waals surface area contributed by atoms with Crippen molar-refractivity contribution in [1.29, 1.82) is 0 Å². The lowest BCUT2D eigenvalue weighted by atomic mass is 9.93. The van der Waals surface area contributed by atoms with Crippen LogP contribution in [0.4, 0.5) is 0 Å². The van der Waals surface area contributed by atoms with Gasteiger partial charge in [-0.25, -0.2) is 12.7 Å². The summed E-state index contributed by atoms with van der Waals surface area (Å²) in [7, 11) is -3.09. The van der Waals surface area contributed by atoms with Gasteiger partial charge in [0.2, 0.25) is 15.9 Å². The lowest BCUT2D eigenvalue weighted by Crippen LogP contribution is -2.53. The third kappa shape index (κ3) is 4.40. The van der Waals surface area contributed by atoms with Crippen molar-refractivity contribution < 1.29 is 13.2 Å². The van der Waals surface area contributed by atoms with Crippen molar-refractivity contribution in [3.05, 3.63) is 0 Å². The highest BCUT2D eigenvalue weighted by molar-refractivity contribution is 7.89. The first kappa shape index (κ1) is 16.7. The molecule has 21 heavy (non-hydrogen) atoms. The minimum Gasteiger partial charge on any atom is -0.352 e. The summed E-state index contributed by atoms with van der Waals surface area (Å²) < 4.78 is 25.1. The molecule has 2 aliphatic rings. The van der Waals surface area contributed by atoms with Gasteiger partial charge in [-0.1, -0.05) is 6.92 Å². The minimum absolute atomic E-state index is 0.0679. The first-order chi connectivity index (χ1) is 9.92. The standard InChI is InChI=1S/C14H27N3O3S/c1-3-21(19,20)17-8-5-12(6-9-17)16-14(18)13-10-11(2)4-7-15-13/h11-13,15H,3-10H2,1-2H3,(H,16,18). The van der Waals surface area contributed by atoms with Gasteiger partial charge in [-0.3, -0.25) is 4.79 Å². The van der Waals surface area contributed by atoms with Crippen molar-refractivity contribution in [1.82, 2.24) is 14.9 Å². The second-order valence-corrected chi connectivity index (χ2v) is 8.48. The fourth-order valence-electron chi connectivity index (χ4n) is 3.07. The van der Waals surface area contributed by atoms with E-state index in [0.29, 0.717) is 31.8 Å². The summed E-state index contributed by atoms with van der Waals surface area (Å²) in [5.74, 6) is 0.797. The van der Waals surface area contributed by atoms with E-state index in [1.165, 1.54) is 4.31 Å². The molecule has 2 aliphatic heterocycles. The molecule has 2 unspecified atom stereocenters. The Hall–Kier alpha value is -0.660. The summed E-state index contributed by atoms with van der Waals surface area (Å²) in [6.07, 6.45) is 3.41. The summed E-state index contributed by atoms with van der Waals surface area (Å²) >= 11 is 0. The van der Waals surface area contributed by atoms with E-state index in [1.54, 1.807) is 6.92 Å². The largest absolute Gasteiger partial charge is 0.352 e. The summed E-state index contributed by atoms with van der Waals surface area (Å²) in [5.41, 5.74) is 0. The van der Waals surface area contributed by atoms with Crippen molar-refractivity contribution >= 4 is 15.9 Å². The number of rotatable bonds is 4. The molecular weight excluding hydrogens is 290 g/mol. The number of nitrogens with one attached hydrogen (secondary N) is 2. The average molecular weight is 317 g/mol. The van der Waals surface area contributed by atoms with E-state index in [1.807, 2.05) is 0 Å². The van der Waals surface area contributed by atoms with Gasteiger partial charge in [-0.05, 0) is 45.1 Å². The number of hydrogen-bond acceptors (Lipinski definition) is 4. The first-order valence-electron chi connectivity index (χ1n) is 7.94. The van der Waals surface area contributed by atoms with Crippen LogP contribution in [0.2, 0.25) is 0 Å². The maximum Gasteiger partial charge on any atom is 0.237 e. The predicted molar refractivity (Wildman–Crippen MR) is 82.4 cm³/mol. The fourth-order valence-corrected chi connectivity index (χ4v) is 4.20. The molecule has 2 atom stereocenters. The van der Waals surface area contributed by atoms with Gasteiger partial charge >= 0.3 is 0 Å². The highest BCUT2D eigenvalue weighted by atomic mass is 32.2. The van der Waals surface area contributed by atoms with Crippen LogP contribution in [0.5, 0.6) is 0 Å².